The van der Waals surface area contributed by atoms with Gasteiger partial charge >= 0.3 is 0 Å². The van der Waals surface area contributed by atoms with Crippen LogP contribution in [0.3, 0.4) is 0 Å². The van der Waals surface area contributed by atoms with Gasteiger partial charge in [-0.05, 0) is 56.1 Å². The third-order valence-corrected chi connectivity index (χ3v) is 6.07. The van der Waals surface area contributed by atoms with Crippen molar-refractivity contribution in [3.63, 3.8) is 0 Å². The van der Waals surface area contributed by atoms with Crippen LogP contribution >= 0.6 is 0 Å². The minimum Gasteiger partial charge on any atom is -0.441 e. The third-order valence-electron chi connectivity index (χ3n) is 6.07. The van der Waals surface area contributed by atoms with E-state index in [1.807, 2.05) is 37.3 Å². The second-order valence-corrected chi connectivity index (χ2v) is 8.00. The highest BCUT2D eigenvalue weighted by molar-refractivity contribution is 5.53. The standard InChI is InChI=1S/C21H23N3O2/c1-14-17(22-20(25-14)16-6-3-2-4-7-16)11-18-23-19(26-24-18)10-15-12-21(13-15)8-5-9-21/h2-4,6-7,15H,5,8-13H2,1H3. The van der Waals surface area contributed by atoms with Crippen molar-refractivity contribution in [2.45, 2.75) is 51.9 Å². The van der Waals surface area contributed by atoms with Gasteiger partial charge in [-0.2, -0.15) is 4.98 Å². The molecule has 0 saturated heterocycles. The highest BCUT2D eigenvalue weighted by Gasteiger charge is 2.48. The average Bonchev–Trinajstić information content (AvgIpc) is 3.17. The number of aromatic nitrogens is 3. The van der Waals surface area contributed by atoms with Crippen LogP contribution in [0.4, 0.5) is 0 Å². The van der Waals surface area contributed by atoms with Gasteiger partial charge in [0.2, 0.25) is 11.8 Å². The lowest BCUT2D eigenvalue weighted by Crippen LogP contribution is -2.43. The summed E-state index contributed by atoms with van der Waals surface area (Å²) in [6.45, 7) is 1.93. The largest absolute Gasteiger partial charge is 0.441 e. The maximum atomic E-state index is 5.82. The Labute approximate surface area is 152 Å². The van der Waals surface area contributed by atoms with Crippen molar-refractivity contribution in [2.75, 3.05) is 0 Å². The van der Waals surface area contributed by atoms with Crippen LogP contribution in [0.1, 0.15) is 55.3 Å². The predicted octanol–water partition coefficient (Wildman–Crippen LogP) is 4.75. The lowest BCUT2D eigenvalue weighted by atomic mass is 9.51. The molecule has 1 spiro atoms. The van der Waals surface area contributed by atoms with Gasteiger partial charge in [-0.15, -0.1) is 0 Å². The van der Waals surface area contributed by atoms with Gasteiger partial charge in [0.1, 0.15) is 5.76 Å². The molecular formula is C21H23N3O2. The molecule has 2 aliphatic carbocycles. The Morgan fingerprint density at radius 3 is 2.65 bits per heavy atom. The van der Waals surface area contributed by atoms with E-state index >= 15 is 0 Å². The zero-order valence-electron chi connectivity index (χ0n) is 15.1. The van der Waals surface area contributed by atoms with Crippen LogP contribution in [0.2, 0.25) is 0 Å². The molecule has 2 aliphatic rings. The lowest BCUT2D eigenvalue weighted by Gasteiger charge is -2.54. The highest BCUT2D eigenvalue weighted by atomic mass is 16.5. The molecule has 5 nitrogen and oxygen atoms in total. The van der Waals surface area contributed by atoms with Crippen LogP contribution in [0.25, 0.3) is 11.5 Å². The molecule has 2 saturated carbocycles. The van der Waals surface area contributed by atoms with E-state index in [1.165, 1.54) is 32.1 Å². The number of hydrogen-bond acceptors (Lipinski definition) is 5. The first-order valence-electron chi connectivity index (χ1n) is 9.52. The Hall–Kier alpha value is -2.43. The van der Waals surface area contributed by atoms with Crippen molar-refractivity contribution in [1.82, 2.24) is 15.1 Å². The first kappa shape index (κ1) is 15.8. The monoisotopic (exact) mass is 349 g/mol. The normalized spacial score (nSPS) is 18.7. The molecule has 2 heterocycles. The highest BCUT2D eigenvalue weighted by Crippen LogP contribution is 2.59. The summed E-state index contributed by atoms with van der Waals surface area (Å²) in [6.07, 6.45) is 8.41. The maximum Gasteiger partial charge on any atom is 0.226 e. The summed E-state index contributed by atoms with van der Waals surface area (Å²) in [6, 6.07) is 9.93. The van der Waals surface area contributed by atoms with Crippen LogP contribution in [0.15, 0.2) is 39.3 Å². The van der Waals surface area contributed by atoms with Gasteiger partial charge in [0, 0.05) is 12.0 Å². The number of rotatable bonds is 5. The Kier molecular flexibility index (Phi) is 3.69. The van der Waals surface area contributed by atoms with Crippen LogP contribution in [-0.4, -0.2) is 15.1 Å². The van der Waals surface area contributed by atoms with E-state index in [9.17, 15) is 0 Å². The molecule has 2 aromatic heterocycles. The van der Waals surface area contributed by atoms with Gasteiger partial charge in [0.05, 0.1) is 12.1 Å². The number of oxazole rings is 1. The van der Waals surface area contributed by atoms with Crippen LogP contribution in [0.5, 0.6) is 0 Å². The summed E-state index contributed by atoms with van der Waals surface area (Å²) in [7, 11) is 0. The molecule has 1 aromatic carbocycles. The van der Waals surface area contributed by atoms with Crippen molar-refractivity contribution in [3.05, 3.63) is 53.5 Å². The second-order valence-electron chi connectivity index (χ2n) is 8.00. The van der Waals surface area contributed by atoms with Gasteiger partial charge in [0.25, 0.3) is 0 Å². The summed E-state index contributed by atoms with van der Waals surface area (Å²) < 4.78 is 11.3. The molecule has 0 radical (unpaired) electrons. The fourth-order valence-electron chi connectivity index (χ4n) is 4.53. The average molecular weight is 349 g/mol. The molecule has 0 N–H and O–H groups in total. The summed E-state index contributed by atoms with van der Waals surface area (Å²) >= 11 is 0. The van der Waals surface area contributed by atoms with Crippen LogP contribution < -0.4 is 0 Å². The Balaban J connectivity index is 1.24. The topological polar surface area (TPSA) is 65.0 Å². The van der Waals surface area contributed by atoms with E-state index in [4.69, 9.17) is 8.94 Å². The molecular weight excluding hydrogens is 326 g/mol. The van der Waals surface area contributed by atoms with Crippen molar-refractivity contribution >= 4 is 0 Å². The summed E-state index contributed by atoms with van der Waals surface area (Å²) in [5, 5.41) is 4.15. The summed E-state index contributed by atoms with van der Waals surface area (Å²) in [4.78, 5) is 9.20. The van der Waals surface area contributed by atoms with Crippen molar-refractivity contribution in [3.8, 4) is 11.5 Å². The van der Waals surface area contributed by atoms with Gasteiger partial charge in [0.15, 0.2) is 5.82 Å². The molecule has 3 aromatic rings. The van der Waals surface area contributed by atoms with E-state index in [0.29, 0.717) is 23.6 Å². The molecule has 134 valence electrons. The minimum atomic E-state index is 0.542. The third kappa shape index (κ3) is 2.85. The lowest BCUT2D eigenvalue weighted by molar-refractivity contribution is -0.0266. The number of nitrogens with zero attached hydrogens (tertiary/aromatic N) is 3. The number of hydrogen-bond donors (Lipinski definition) is 0. The minimum absolute atomic E-state index is 0.542. The van der Waals surface area contributed by atoms with Crippen LogP contribution in [-0.2, 0) is 12.8 Å². The summed E-state index contributed by atoms with van der Waals surface area (Å²) in [5.74, 6) is 3.63. The molecule has 0 aliphatic heterocycles. The predicted molar refractivity (Wildman–Crippen MR) is 96.5 cm³/mol. The molecule has 0 unspecified atom stereocenters. The molecule has 5 heteroatoms. The first-order valence-corrected chi connectivity index (χ1v) is 9.52. The Bertz CT molecular complexity index is 900. The van der Waals surface area contributed by atoms with Crippen LogP contribution in [0, 0.1) is 18.3 Å². The maximum absolute atomic E-state index is 5.82. The quantitative estimate of drug-likeness (QED) is 0.665. The molecule has 5 rings (SSSR count). The number of benzene rings is 1. The van der Waals surface area contributed by atoms with Crippen molar-refractivity contribution in [1.29, 1.82) is 0 Å². The Morgan fingerprint density at radius 2 is 1.92 bits per heavy atom. The zero-order chi connectivity index (χ0) is 17.6. The SMILES string of the molecule is Cc1oc(-c2ccccc2)nc1Cc1noc(CC2CC3(CCC3)C2)n1. The fourth-order valence-corrected chi connectivity index (χ4v) is 4.53. The van der Waals surface area contributed by atoms with E-state index in [-0.39, 0.29) is 0 Å². The molecule has 0 atom stereocenters. The second kappa shape index (κ2) is 6.08. The zero-order valence-corrected chi connectivity index (χ0v) is 15.1. The van der Waals surface area contributed by atoms with Gasteiger partial charge in [-0.25, -0.2) is 4.98 Å². The smallest absolute Gasteiger partial charge is 0.226 e. The van der Waals surface area contributed by atoms with Crippen molar-refractivity contribution < 1.29 is 8.94 Å². The van der Waals surface area contributed by atoms with Gasteiger partial charge in [-0.3, -0.25) is 0 Å². The number of aryl methyl sites for hydroxylation is 1. The van der Waals surface area contributed by atoms with Crippen molar-refractivity contribution in [2.24, 2.45) is 11.3 Å². The van der Waals surface area contributed by atoms with Gasteiger partial charge in [-0.1, -0.05) is 29.8 Å². The fraction of sp³-hybridized carbons (Fsp3) is 0.476. The van der Waals surface area contributed by atoms with E-state index < -0.39 is 0 Å². The molecule has 0 bridgehead atoms. The first-order chi connectivity index (χ1) is 12.7. The van der Waals surface area contributed by atoms with E-state index in [2.05, 4.69) is 15.1 Å². The molecule has 0 amide bonds. The Morgan fingerprint density at radius 1 is 1.12 bits per heavy atom. The van der Waals surface area contributed by atoms with E-state index in [0.717, 1.165) is 35.2 Å². The van der Waals surface area contributed by atoms with Gasteiger partial charge < -0.3 is 8.94 Å². The molecule has 26 heavy (non-hydrogen) atoms. The van der Waals surface area contributed by atoms with E-state index in [1.54, 1.807) is 0 Å². The molecule has 2 fully saturated rings. The summed E-state index contributed by atoms with van der Waals surface area (Å²) in [5.41, 5.74) is 2.54.